The molecule has 78 valence electrons. The smallest absolute Gasteiger partial charge is 0.158 e. The van der Waals surface area contributed by atoms with Crippen LogP contribution in [0, 0.1) is 5.92 Å². The molecular formula is C13H20O. The molecule has 1 rings (SSSR count). The quantitative estimate of drug-likeness (QED) is 0.624. The van der Waals surface area contributed by atoms with E-state index in [4.69, 9.17) is 0 Å². The zero-order valence-electron chi connectivity index (χ0n) is 9.52. The van der Waals surface area contributed by atoms with Crippen molar-refractivity contribution in [3.8, 4) is 0 Å². The lowest BCUT2D eigenvalue weighted by atomic mass is 9.81. The van der Waals surface area contributed by atoms with E-state index in [0.29, 0.717) is 11.7 Å². The van der Waals surface area contributed by atoms with Gasteiger partial charge >= 0.3 is 0 Å². The highest BCUT2D eigenvalue weighted by atomic mass is 16.1. The number of rotatable bonds is 3. The molecule has 0 amide bonds. The first-order valence-electron chi connectivity index (χ1n) is 5.39. The van der Waals surface area contributed by atoms with Crippen molar-refractivity contribution < 1.29 is 4.79 Å². The second-order valence-corrected chi connectivity index (χ2v) is 4.47. The lowest BCUT2D eigenvalue weighted by molar-refractivity contribution is -0.116. The van der Waals surface area contributed by atoms with Crippen LogP contribution in [0.25, 0.3) is 0 Å². The van der Waals surface area contributed by atoms with Crippen LogP contribution in [0.5, 0.6) is 0 Å². The second kappa shape index (κ2) is 4.59. The van der Waals surface area contributed by atoms with Crippen LogP contribution in [0.4, 0.5) is 0 Å². The molecule has 0 aromatic carbocycles. The molecule has 0 saturated heterocycles. The number of carbonyl (C=O) groups is 1. The van der Waals surface area contributed by atoms with Crippen molar-refractivity contribution in [3.63, 3.8) is 0 Å². The van der Waals surface area contributed by atoms with Crippen molar-refractivity contribution in [2.24, 2.45) is 5.92 Å². The first-order chi connectivity index (χ1) is 6.52. The predicted octanol–water partition coefficient (Wildman–Crippen LogP) is 3.66. The van der Waals surface area contributed by atoms with E-state index < -0.39 is 0 Å². The third-order valence-corrected chi connectivity index (χ3v) is 3.12. The Kier molecular flexibility index (Phi) is 3.68. The maximum atomic E-state index is 11.5. The van der Waals surface area contributed by atoms with E-state index >= 15 is 0 Å². The van der Waals surface area contributed by atoms with Crippen LogP contribution in [0.3, 0.4) is 0 Å². The summed E-state index contributed by atoms with van der Waals surface area (Å²) in [6.45, 7) is 10.2. The Morgan fingerprint density at radius 2 is 2.21 bits per heavy atom. The Bertz CT molecular complexity index is 284. The molecule has 1 aliphatic rings. The van der Waals surface area contributed by atoms with Gasteiger partial charge in [0.2, 0.25) is 0 Å². The molecule has 0 heterocycles. The summed E-state index contributed by atoms with van der Waals surface area (Å²) in [6.07, 6.45) is 3.81. The summed E-state index contributed by atoms with van der Waals surface area (Å²) in [4.78, 5) is 11.5. The fourth-order valence-electron chi connectivity index (χ4n) is 2.04. The van der Waals surface area contributed by atoms with E-state index in [9.17, 15) is 4.79 Å². The minimum absolute atomic E-state index is 0.347. The Balaban J connectivity index is 2.75. The lowest BCUT2D eigenvalue weighted by Crippen LogP contribution is -2.16. The molecule has 0 N–H and O–H groups in total. The monoisotopic (exact) mass is 192 g/mol. The summed E-state index contributed by atoms with van der Waals surface area (Å²) >= 11 is 0. The highest BCUT2D eigenvalue weighted by Gasteiger charge is 2.21. The van der Waals surface area contributed by atoms with Gasteiger partial charge in [-0.05, 0) is 44.6 Å². The lowest BCUT2D eigenvalue weighted by Gasteiger charge is -2.23. The summed E-state index contributed by atoms with van der Waals surface area (Å²) in [7, 11) is 0. The Hall–Kier alpha value is -0.850. The van der Waals surface area contributed by atoms with Gasteiger partial charge in [0.25, 0.3) is 0 Å². The predicted molar refractivity (Wildman–Crippen MR) is 60.2 cm³/mol. The highest BCUT2D eigenvalue weighted by molar-refractivity contribution is 5.96. The molecule has 0 aromatic heterocycles. The van der Waals surface area contributed by atoms with Gasteiger partial charge in [-0.2, -0.15) is 0 Å². The molecule has 1 unspecified atom stereocenters. The zero-order chi connectivity index (χ0) is 10.7. The summed E-state index contributed by atoms with van der Waals surface area (Å²) in [5.74, 6) is 0.937. The van der Waals surface area contributed by atoms with E-state index in [1.54, 1.807) is 0 Å². The van der Waals surface area contributed by atoms with E-state index in [1.165, 1.54) is 11.1 Å². The average Bonchev–Trinajstić information content (AvgIpc) is 2.11. The molecule has 1 heteroatoms. The van der Waals surface area contributed by atoms with Gasteiger partial charge in [-0.3, -0.25) is 4.79 Å². The van der Waals surface area contributed by atoms with E-state index in [2.05, 4.69) is 13.5 Å². The first kappa shape index (κ1) is 11.2. The zero-order valence-corrected chi connectivity index (χ0v) is 9.52. The molecule has 0 fully saturated rings. The second-order valence-electron chi connectivity index (χ2n) is 4.47. The molecule has 0 radical (unpaired) electrons. The van der Waals surface area contributed by atoms with Crippen LogP contribution in [0.2, 0.25) is 0 Å². The van der Waals surface area contributed by atoms with Gasteiger partial charge in [0.15, 0.2) is 5.78 Å². The van der Waals surface area contributed by atoms with Gasteiger partial charge in [0.05, 0.1) is 0 Å². The molecule has 0 saturated carbocycles. The van der Waals surface area contributed by atoms with Crippen molar-refractivity contribution in [2.45, 2.75) is 46.5 Å². The standard InChI is InChI=1S/C13H20O/c1-9(2)5-7-12-10(3)6-8-13(14)11(12)4/h10H,1,5-8H2,2-4H3. The van der Waals surface area contributed by atoms with Crippen molar-refractivity contribution in [1.82, 2.24) is 0 Å². The van der Waals surface area contributed by atoms with Gasteiger partial charge in [0.1, 0.15) is 0 Å². The Labute approximate surface area is 86.9 Å². The number of carbonyl (C=O) groups excluding carboxylic acids is 1. The van der Waals surface area contributed by atoms with Crippen molar-refractivity contribution >= 4 is 5.78 Å². The Morgan fingerprint density at radius 3 is 2.79 bits per heavy atom. The van der Waals surface area contributed by atoms with Crippen molar-refractivity contribution in [1.29, 1.82) is 0 Å². The van der Waals surface area contributed by atoms with Crippen molar-refractivity contribution in [2.75, 3.05) is 0 Å². The number of Topliss-reactive ketones (excluding diaryl/α,β-unsaturated/α-hetero) is 1. The largest absolute Gasteiger partial charge is 0.295 e. The van der Waals surface area contributed by atoms with Gasteiger partial charge in [-0.15, -0.1) is 6.58 Å². The minimum atomic E-state index is 0.347. The maximum absolute atomic E-state index is 11.5. The van der Waals surface area contributed by atoms with Gasteiger partial charge in [-0.1, -0.05) is 18.1 Å². The summed E-state index contributed by atoms with van der Waals surface area (Å²) in [6, 6.07) is 0. The average molecular weight is 192 g/mol. The van der Waals surface area contributed by atoms with E-state index in [0.717, 1.165) is 31.3 Å². The van der Waals surface area contributed by atoms with Crippen LogP contribution < -0.4 is 0 Å². The normalized spacial score (nSPS) is 22.8. The van der Waals surface area contributed by atoms with E-state index in [-0.39, 0.29) is 0 Å². The third-order valence-electron chi connectivity index (χ3n) is 3.12. The summed E-state index contributed by atoms with van der Waals surface area (Å²) in [5, 5.41) is 0. The van der Waals surface area contributed by atoms with E-state index in [1.807, 2.05) is 13.8 Å². The summed E-state index contributed by atoms with van der Waals surface area (Å²) < 4.78 is 0. The maximum Gasteiger partial charge on any atom is 0.158 e. The molecule has 1 nitrogen and oxygen atoms in total. The first-order valence-corrected chi connectivity index (χ1v) is 5.39. The molecule has 14 heavy (non-hydrogen) atoms. The topological polar surface area (TPSA) is 17.1 Å². The van der Waals surface area contributed by atoms with Gasteiger partial charge in [0, 0.05) is 6.42 Å². The summed E-state index contributed by atoms with van der Waals surface area (Å²) in [5.41, 5.74) is 3.59. The van der Waals surface area contributed by atoms with Gasteiger partial charge < -0.3 is 0 Å². The number of hydrogen-bond donors (Lipinski definition) is 0. The molecule has 0 spiro atoms. The SMILES string of the molecule is C=C(C)CCC1=C(C)C(=O)CCC1C. The number of hydrogen-bond acceptors (Lipinski definition) is 1. The molecule has 1 aliphatic carbocycles. The van der Waals surface area contributed by atoms with Crippen LogP contribution in [0.15, 0.2) is 23.3 Å². The molecule has 0 bridgehead atoms. The highest BCUT2D eigenvalue weighted by Crippen LogP contribution is 2.31. The van der Waals surface area contributed by atoms with Crippen LogP contribution in [-0.2, 0) is 4.79 Å². The third kappa shape index (κ3) is 2.57. The van der Waals surface area contributed by atoms with Crippen LogP contribution >= 0.6 is 0 Å². The molecule has 0 aromatic rings. The molecule has 0 aliphatic heterocycles. The molecular weight excluding hydrogens is 172 g/mol. The fourth-order valence-corrected chi connectivity index (χ4v) is 2.04. The number of ketones is 1. The number of allylic oxidation sites excluding steroid dienone is 3. The van der Waals surface area contributed by atoms with Crippen LogP contribution in [0.1, 0.15) is 46.5 Å². The fraction of sp³-hybridized carbons (Fsp3) is 0.615. The van der Waals surface area contributed by atoms with Gasteiger partial charge in [-0.25, -0.2) is 0 Å². The Morgan fingerprint density at radius 1 is 1.57 bits per heavy atom. The van der Waals surface area contributed by atoms with Crippen molar-refractivity contribution in [3.05, 3.63) is 23.3 Å². The van der Waals surface area contributed by atoms with Crippen LogP contribution in [-0.4, -0.2) is 5.78 Å². The molecule has 1 atom stereocenters. The minimum Gasteiger partial charge on any atom is -0.295 e.